The molecular formula is C15H18ClN3O2S. The second-order valence-electron chi connectivity index (χ2n) is 5.00. The Morgan fingerprint density at radius 2 is 2.23 bits per heavy atom. The van der Waals surface area contributed by atoms with Gasteiger partial charge in [-0.2, -0.15) is 0 Å². The van der Waals surface area contributed by atoms with E-state index in [1.807, 2.05) is 20.8 Å². The maximum Gasteiger partial charge on any atom is 0.358 e. The minimum absolute atomic E-state index is 0.239. The van der Waals surface area contributed by atoms with Crippen molar-refractivity contribution in [3.63, 3.8) is 0 Å². The van der Waals surface area contributed by atoms with Crippen molar-refractivity contribution in [2.24, 2.45) is 0 Å². The normalized spacial score (nSPS) is 10.8. The van der Waals surface area contributed by atoms with E-state index in [4.69, 9.17) is 16.3 Å². The van der Waals surface area contributed by atoms with E-state index in [2.05, 4.69) is 15.3 Å². The lowest BCUT2D eigenvalue weighted by molar-refractivity contribution is 0.0519. The summed E-state index contributed by atoms with van der Waals surface area (Å²) in [6.07, 6.45) is 1.67. The Hall–Kier alpha value is -1.66. The number of nitrogens with one attached hydrogen (secondary N) is 1. The highest BCUT2D eigenvalue weighted by Crippen LogP contribution is 2.34. The zero-order valence-electron chi connectivity index (χ0n) is 12.9. The Balaban J connectivity index is 2.44. The van der Waals surface area contributed by atoms with E-state index in [0.717, 1.165) is 16.1 Å². The number of thiazole rings is 1. The van der Waals surface area contributed by atoms with E-state index in [9.17, 15) is 4.79 Å². The molecule has 0 amide bonds. The van der Waals surface area contributed by atoms with Crippen LogP contribution in [0.3, 0.4) is 0 Å². The summed E-state index contributed by atoms with van der Waals surface area (Å²) in [5, 5.41) is 4.45. The van der Waals surface area contributed by atoms with Gasteiger partial charge in [0, 0.05) is 22.8 Å². The highest BCUT2D eigenvalue weighted by molar-refractivity contribution is 7.15. The molecule has 2 rings (SSSR count). The summed E-state index contributed by atoms with van der Waals surface area (Å²) in [4.78, 5) is 21.3. The predicted molar refractivity (Wildman–Crippen MR) is 89.8 cm³/mol. The van der Waals surface area contributed by atoms with Gasteiger partial charge in [0.05, 0.1) is 12.2 Å². The van der Waals surface area contributed by atoms with Gasteiger partial charge in [-0.05, 0) is 33.8 Å². The molecule has 0 aliphatic heterocycles. The minimum atomic E-state index is -0.400. The first-order valence-corrected chi connectivity index (χ1v) is 8.18. The van der Waals surface area contributed by atoms with Crippen LogP contribution in [0.2, 0.25) is 5.15 Å². The zero-order chi connectivity index (χ0) is 16.3. The van der Waals surface area contributed by atoms with Crippen LogP contribution in [-0.4, -0.2) is 28.6 Å². The van der Waals surface area contributed by atoms with Crippen molar-refractivity contribution >= 4 is 34.6 Å². The fourth-order valence-electron chi connectivity index (χ4n) is 1.93. The first kappa shape index (κ1) is 16.7. The molecule has 2 aromatic heterocycles. The fraction of sp³-hybridized carbons (Fsp3) is 0.400. The molecular weight excluding hydrogens is 322 g/mol. The third-order valence-electron chi connectivity index (χ3n) is 2.81. The first-order valence-electron chi connectivity index (χ1n) is 6.99. The van der Waals surface area contributed by atoms with Crippen LogP contribution in [0.25, 0.3) is 10.6 Å². The highest BCUT2D eigenvalue weighted by atomic mass is 35.5. The van der Waals surface area contributed by atoms with Crippen LogP contribution in [0.15, 0.2) is 12.3 Å². The molecule has 2 aromatic rings. The third kappa shape index (κ3) is 3.75. The molecule has 0 radical (unpaired) electrons. The quantitative estimate of drug-likeness (QED) is 0.654. The Kier molecular flexibility index (Phi) is 5.37. The van der Waals surface area contributed by atoms with Crippen molar-refractivity contribution in [2.75, 3.05) is 11.9 Å². The molecule has 0 unspecified atom stereocenters. The molecule has 0 aliphatic rings. The van der Waals surface area contributed by atoms with Crippen molar-refractivity contribution in [1.29, 1.82) is 0 Å². The van der Waals surface area contributed by atoms with E-state index < -0.39 is 5.97 Å². The Bertz CT molecular complexity index is 685. The summed E-state index contributed by atoms with van der Waals surface area (Å²) in [6.45, 7) is 8.03. The maximum atomic E-state index is 11.9. The molecule has 2 heterocycles. The van der Waals surface area contributed by atoms with Crippen LogP contribution in [0, 0.1) is 6.92 Å². The topological polar surface area (TPSA) is 64.1 Å². The number of anilines is 1. The maximum absolute atomic E-state index is 11.9. The second-order valence-corrected chi connectivity index (χ2v) is 6.59. The number of hydrogen-bond acceptors (Lipinski definition) is 6. The number of ether oxygens (including phenoxy) is 1. The summed E-state index contributed by atoms with van der Waals surface area (Å²) in [7, 11) is 0. The molecule has 22 heavy (non-hydrogen) atoms. The monoisotopic (exact) mass is 339 g/mol. The zero-order valence-corrected chi connectivity index (χ0v) is 14.5. The van der Waals surface area contributed by atoms with E-state index in [0.29, 0.717) is 22.5 Å². The van der Waals surface area contributed by atoms with Crippen molar-refractivity contribution in [2.45, 2.75) is 33.7 Å². The average Bonchev–Trinajstić information content (AvgIpc) is 2.80. The number of nitrogens with zero attached hydrogens (tertiary/aromatic N) is 2. The number of esters is 1. The Morgan fingerprint density at radius 3 is 2.86 bits per heavy atom. The van der Waals surface area contributed by atoms with Crippen LogP contribution >= 0.6 is 22.9 Å². The fourth-order valence-corrected chi connectivity index (χ4v) is 3.01. The summed E-state index contributed by atoms with van der Waals surface area (Å²) in [5.41, 5.74) is 2.02. The van der Waals surface area contributed by atoms with Crippen molar-refractivity contribution < 1.29 is 9.53 Å². The number of pyridine rings is 1. The molecule has 118 valence electrons. The van der Waals surface area contributed by atoms with Gasteiger partial charge in [0.15, 0.2) is 5.69 Å². The highest BCUT2D eigenvalue weighted by Gasteiger charge is 2.19. The number of carbonyl (C=O) groups is 1. The molecule has 0 aliphatic carbocycles. The van der Waals surface area contributed by atoms with Crippen molar-refractivity contribution in [1.82, 2.24) is 9.97 Å². The molecule has 0 spiro atoms. The summed E-state index contributed by atoms with van der Waals surface area (Å²) in [5.74, 6) is -0.400. The van der Waals surface area contributed by atoms with Crippen molar-refractivity contribution in [3.05, 3.63) is 28.0 Å². The summed E-state index contributed by atoms with van der Waals surface area (Å²) < 4.78 is 5.02. The minimum Gasteiger partial charge on any atom is -0.461 e. The van der Waals surface area contributed by atoms with Gasteiger partial charge in [0.1, 0.15) is 10.2 Å². The summed E-state index contributed by atoms with van der Waals surface area (Å²) in [6, 6.07) is 2.00. The Labute approximate surface area is 138 Å². The second kappa shape index (κ2) is 7.07. The smallest absolute Gasteiger partial charge is 0.358 e. The molecule has 1 N–H and O–H groups in total. The molecule has 5 nitrogen and oxygen atoms in total. The van der Waals surface area contributed by atoms with Gasteiger partial charge in [-0.1, -0.05) is 11.6 Å². The van der Waals surface area contributed by atoms with Crippen LogP contribution in [0.4, 0.5) is 5.69 Å². The number of aromatic nitrogens is 2. The summed E-state index contributed by atoms with van der Waals surface area (Å²) >= 11 is 7.41. The number of hydrogen-bond donors (Lipinski definition) is 1. The number of aryl methyl sites for hydroxylation is 1. The van der Waals surface area contributed by atoms with Gasteiger partial charge < -0.3 is 10.1 Å². The van der Waals surface area contributed by atoms with E-state index >= 15 is 0 Å². The Morgan fingerprint density at radius 1 is 1.50 bits per heavy atom. The average molecular weight is 340 g/mol. The number of halogens is 1. The lowest BCUT2D eigenvalue weighted by atomic mass is 10.2. The van der Waals surface area contributed by atoms with Crippen LogP contribution < -0.4 is 5.32 Å². The molecule has 0 bridgehead atoms. The van der Waals surface area contributed by atoms with Gasteiger partial charge >= 0.3 is 5.97 Å². The van der Waals surface area contributed by atoms with E-state index in [1.165, 1.54) is 11.3 Å². The van der Waals surface area contributed by atoms with Gasteiger partial charge in [-0.25, -0.2) is 14.8 Å². The third-order valence-corrected chi connectivity index (χ3v) is 4.02. The van der Waals surface area contributed by atoms with Crippen LogP contribution in [0.1, 0.15) is 36.1 Å². The lowest BCUT2D eigenvalue weighted by Gasteiger charge is -2.13. The predicted octanol–water partition coefficient (Wildman–Crippen LogP) is 4.16. The van der Waals surface area contributed by atoms with Crippen LogP contribution in [0.5, 0.6) is 0 Å². The van der Waals surface area contributed by atoms with Crippen molar-refractivity contribution in [3.8, 4) is 10.6 Å². The number of rotatable bonds is 5. The standard InChI is InChI=1S/C15H18ClN3O2S/c1-5-21-15(20)13-9(4)22-14(19-13)10-7-17-12(16)6-11(10)18-8(2)3/h6-8H,5H2,1-4H3,(H,17,18). The SMILES string of the molecule is CCOC(=O)c1nc(-c2cnc(Cl)cc2NC(C)C)sc1C. The molecule has 0 aromatic carbocycles. The largest absolute Gasteiger partial charge is 0.461 e. The van der Waals surface area contributed by atoms with Crippen LogP contribution in [-0.2, 0) is 4.74 Å². The lowest BCUT2D eigenvalue weighted by Crippen LogP contribution is -2.11. The van der Waals surface area contributed by atoms with Gasteiger partial charge in [0.2, 0.25) is 0 Å². The molecule has 0 saturated heterocycles. The molecule has 0 atom stereocenters. The van der Waals surface area contributed by atoms with Gasteiger partial charge in [0.25, 0.3) is 0 Å². The first-order chi connectivity index (χ1) is 10.4. The molecule has 0 fully saturated rings. The van der Waals surface area contributed by atoms with Gasteiger partial charge in [-0.15, -0.1) is 11.3 Å². The molecule has 0 saturated carbocycles. The number of carbonyl (C=O) groups excluding carboxylic acids is 1. The van der Waals surface area contributed by atoms with E-state index in [-0.39, 0.29) is 6.04 Å². The molecule has 7 heteroatoms. The van der Waals surface area contributed by atoms with E-state index in [1.54, 1.807) is 19.2 Å². The van der Waals surface area contributed by atoms with Gasteiger partial charge in [-0.3, -0.25) is 0 Å².